The minimum atomic E-state index is -0.155. The van der Waals surface area contributed by atoms with Crippen LogP contribution in [0.1, 0.15) is 35.0 Å². The summed E-state index contributed by atoms with van der Waals surface area (Å²) in [5.41, 5.74) is 0.677. The summed E-state index contributed by atoms with van der Waals surface area (Å²) in [5.74, 6) is 5.40. The fraction of sp³-hybridized carbons (Fsp3) is 0.462. The lowest BCUT2D eigenvalue weighted by atomic mass is 10.2. The molecule has 0 aliphatic rings. The van der Waals surface area contributed by atoms with E-state index in [-0.39, 0.29) is 12.5 Å². The molecule has 4 heteroatoms. The second kappa shape index (κ2) is 7.10. The van der Waals surface area contributed by atoms with Gasteiger partial charge in [0.2, 0.25) is 0 Å². The van der Waals surface area contributed by atoms with E-state index in [1.54, 1.807) is 11.0 Å². The van der Waals surface area contributed by atoms with Gasteiger partial charge in [-0.15, -0.1) is 11.3 Å². The highest BCUT2D eigenvalue weighted by atomic mass is 32.1. The van der Waals surface area contributed by atoms with Crippen molar-refractivity contribution in [2.75, 3.05) is 20.2 Å². The lowest BCUT2D eigenvalue weighted by Crippen LogP contribution is -2.27. The molecule has 1 heterocycles. The zero-order valence-corrected chi connectivity index (χ0v) is 11.0. The summed E-state index contributed by atoms with van der Waals surface area (Å²) in [7, 11) is 1.81. The zero-order valence-electron chi connectivity index (χ0n) is 10.2. The van der Waals surface area contributed by atoms with Crippen molar-refractivity contribution in [3.05, 3.63) is 21.9 Å². The van der Waals surface area contributed by atoms with Crippen molar-refractivity contribution in [2.45, 2.75) is 19.8 Å². The smallest absolute Gasteiger partial charge is 0.254 e. The number of nitrogens with zero attached hydrogens (tertiary/aromatic N) is 1. The highest BCUT2D eigenvalue weighted by Crippen LogP contribution is 2.15. The number of aliphatic hydroxyl groups is 1. The molecule has 0 saturated carbocycles. The van der Waals surface area contributed by atoms with Crippen LogP contribution in [0.15, 0.2) is 11.4 Å². The Bertz CT molecular complexity index is 428. The topological polar surface area (TPSA) is 40.5 Å². The molecule has 0 fully saturated rings. The third-order valence-electron chi connectivity index (χ3n) is 2.33. The average molecular weight is 251 g/mol. The number of hydrogen-bond donors (Lipinski definition) is 1. The minimum absolute atomic E-state index is 0.0340. The van der Waals surface area contributed by atoms with E-state index >= 15 is 0 Å². The zero-order chi connectivity index (χ0) is 12.7. The number of hydrogen-bond acceptors (Lipinski definition) is 3. The van der Waals surface area contributed by atoms with E-state index in [0.29, 0.717) is 5.56 Å². The number of unbranched alkanes of at least 4 members (excludes halogenated alkanes) is 1. The summed E-state index contributed by atoms with van der Waals surface area (Å²) in [4.78, 5) is 14.5. The predicted octanol–water partition coefficient (Wildman–Crippen LogP) is 1.96. The van der Waals surface area contributed by atoms with Gasteiger partial charge in [-0.2, -0.15) is 0 Å². The highest BCUT2D eigenvalue weighted by Gasteiger charge is 2.12. The summed E-state index contributed by atoms with van der Waals surface area (Å²) in [6.07, 6.45) is 2.10. The molecule has 1 N–H and O–H groups in total. The molecule has 0 aromatic carbocycles. The van der Waals surface area contributed by atoms with Crippen LogP contribution in [0.25, 0.3) is 0 Å². The monoisotopic (exact) mass is 251 g/mol. The average Bonchev–Trinajstić information content (AvgIpc) is 2.81. The van der Waals surface area contributed by atoms with Gasteiger partial charge in [-0.3, -0.25) is 4.79 Å². The summed E-state index contributed by atoms with van der Waals surface area (Å²) in [5, 5.41) is 10.4. The summed E-state index contributed by atoms with van der Waals surface area (Å²) < 4.78 is 0. The molecule has 0 bridgehead atoms. The van der Waals surface area contributed by atoms with E-state index in [0.717, 1.165) is 24.3 Å². The molecule has 1 amide bonds. The molecular weight excluding hydrogens is 234 g/mol. The van der Waals surface area contributed by atoms with E-state index in [1.807, 2.05) is 12.4 Å². The maximum Gasteiger partial charge on any atom is 0.254 e. The van der Waals surface area contributed by atoms with E-state index < -0.39 is 0 Å². The highest BCUT2D eigenvalue weighted by molar-refractivity contribution is 7.10. The van der Waals surface area contributed by atoms with Crippen LogP contribution in [0.4, 0.5) is 0 Å². The SMILES string of the molecule is CCCCN(C)C(=O)c1csc(C#CCO)c1. The quantitative estimate of drug-likeness (QED) is 0.831. The third kappa shape index (κ3) is 4.22. The molecule has 92 valence electrons. The van der Waals surface area contributed by atoms with Crippen molar-refractivity contribution >= 4 is 17.2 Å². The molecule has 0 saturated heterocycles. The molecule has 0 aliphatic carbocycles. The molecule has 0 aliphatic heterocycles. The Balaban J connectivity index is 2.66. The van der Waals surface area contributed by atoms with Crippen LogP contribution >= 0.6 is 11.3 Å². The van der Waals surface area contributed by atoms with Crippen molar-refractivity contribution in [2.24, 2.45) is 0 Å². The number of aliphatic hydroxyl groups excluding tert-OH is 1. The van der Waals surface area contributed by atoms with Gasteiger partial charge in [0, 0.05) is 19.0 Å². The minimum Gasteiger partial charge on any atom is -0.384 e. The number of carbonyl (C=O) groups is 1. The van der Waals surface area contributed by atoms with Gasteiger partial charge in [0.1, 0.15) is 6.61 Å². The van der Waals surface area contributed by atoms with E-state index in [1.165, 1.54) is 11.3 Å². The number of thiophene rings is 1. The standard InChI is InChI=1S/C13H17NO2S/c1-3-4-7-14(2)13(16)11-9-12(17-10-11)6-5-8-15/h9-10,15H,3-4,7-8H2,1-2H3. The van der Waals surface area contributed by atoms with Crippen molar-refractivity contribution in [3.8, 4) is 11.8 Å². The van der Waals surface area contributed by atoms with Gasteiger partial charge in [-0.05, 0) is 12.5 Å². The molecule has 1 aromatic rings. The van der Waals surface area contributed by atoms with Crippen LogP contribution in [0, 0.1) is 11.8 Å². The molecule has 3 nitrogen and oxygen atoms in total. The van der Waals surface area contributed by atoms with E-state index in [2.05, 4.69) is 18.8 Å². The first kappa shape index (κ1) is 13.8. The van der Waals surface area contributed by atoms with Crippen LogP contribution in [0.2, 0.25) is 0 Å². The first-order valence-corrected chi connectivity index (χ1v) is 6.50. The molecular formula is C13H17NO2S. The van der Waals surface area contributed by atoms with E-state index in [4.69, 9.17) is 5.11 Å². The Morgan fingerprint density at radius 2 is 2.35 bits per heavy atom. The van der Waals surface area contributed by atoms with Crippen LogP contribution in [0.5, 0.6) is 0 Å². The van der Waals surface area contributed by atoms with Gasteiger partial charge in [0.15, 0.2) is 0 Å². The lowest BCUT2D eigenvalue weighted by molar-refractivity contribution is 0.0794. The van der Waals surface area contributed by atoms with Crippen LogP contribution in [-0.4, -0.2) is 36.1 Å². The third-order valence-corrected chi connectivity index (χ3v) is 3.18. The Morgan fingerprint density at radius 1 is 1.59 bits per heavy atom. The molecule has 0 atom stereocenters. The first-order valence-electron chi connectivity index (χ1n) is 5.62. The molecule has 0 unspecified atom stereocenters. The Hall–Kier alpha value is -1.31. The normalized spacial score (nSPS) is 9.59. The molecule has 1 rings (SSSR count). The molecule has 0 radical (unpaired) electrons. The second-order valence-electron chi connectivity index (χ2n) is 3.74. The summed E-state index contributed by atoms with van der Waals surface area (Å²) in [6.45, 7) is 2.73. The van der Waals surface area contributed by atoms with Crippen LogP contribution in [0.3, 0.4) is 0 Å². The Morgan fingerprint density at radius 3 is 3.00 bits per heavy atom. The van der Waals surface area contributed by atoms with Crippen LogP contribution < -0.4 is 0 Å². The second-order valence-corrected chi connectivity index (χ2v) is 4.65. The van der Waals surface area contributed by atoms with Crippen molar-refractivity contribution in [1.82, 2.24) is 4.90 Å². The Labute approximate surface area is 106 Å². The number of rotatable bonds is 4. The van der Waals surface area contributed by atoms with Gasteiger partial charge in [-0.25, -0.2) is 0 Å². The van der Waals surface area contributed by atoms with E-state index in [9.17, 15) is 4.79 Å². The predicted molar refractivity (Wildman–Crippen MR) is 70.2 cm³/mol. The van der Waals surface area contributed by atoms with Gasteiger partial charge in [0.05, 0.1) is 10.4 Å². The number of amides is 1. The van der Waals surface area contributed by atoms with Gasteiger partial charge < -0.3 is 10.0 Å². The molecule has 1 aromatic heterocycles. The van der Waals surface area contributed by atoms with Crippen molar-refractivity contribution in [3.63, 3.8) is 0 Å². The fourth-order valence-electron chi connectivity index (χ4n) is 1.36. The molecule has 0 spiro atoms. The van der Waals surface area contributed by atoms with Gasteiger partial charge in [-0.1, -0.05) is 25.2 Å². The van der Waals surface area contributed by atoms with Crippen molar-refractivity contribution < 1.29 is 9.90 Å². The fourth-order valence-corrected chi connectivity index (χ4v) is 2.11. The van der Waals surface area contributed by atoms with Gasteiger partial charge >= 0.3 is 0 Å². The largest absolute Gasteiger partial charge is 0.384 e. The maximum absolute atomic E-state index is 12.0. The first-order chi connectivity index (χ1) is 8.19. The van der Waals surface area contributed by atoms with Gasteiger partial charge in [0.25, 0.3) is 5.91 Å². The van der Waals surface area contributed by atoms with Crippen molar-refractivity contribution in [1.29, 1.82) is 0 Å². The summed E-state index contributed by atoms with van der Waals surface area (Å²) in [6, 6.07) is 1.78. The number of carbonyl (C=O) groups excluding carboxylic acids is 1. The lowest BCUT2D eigenvalue weighted by Gasteiger charge is -2.15. The summed E-state index contributed by atoms with van der Waals surface area (Å²) >= 11 is 1.43. The maximum atomic E-state index is 12.0. The molecule has 17 heavy (non-hydrogen) atoms. The Kier molecular flexibility index (Phi) is 5.75. The van der Waals surface area contributed by atoms with Crippen LogP contribution in [-0.2, 0) is 0 Å².